The van der Waals surface area contributed by atoms with E-state index in [1.54, 1.807) is 28.4 Å². The highest BCUT2D eigenvalue weighted by Crippen LogP contribution is 2.56. The summed E-state index contributed by atoms with van der Waals surface area (Å²) in [6, 6.07) is 94.9. The van der Waals surface area contributed by atoms with Gasteiger partial charge in [-0.3, -0.25) is 0 Å². The normalized spacial score (nSPS) is 11.7. The molecule has 16 aromatic rings. The molecule has 0 saturated carbocycles. The third-order valence-corrected chi connectivity index (χ3v) is 21.4. The lowest BCUT2D eigenvalue weighted by Crippen LogP contribution is -2.24. The Morgan fingerprint density at radius 1 is 0.241 bits per heavy atom. The molecular weight excluding hydrogens is 1430 g/mol. The maximum Gasteiger partial charge on any atom is 0.130 e. The summed E-state index contributed by atoms with van der Waals surface area (Å²) >= 11 is 0. The number of hydrogen-bond donors (Lipinski definition) is 0. The highest BCUT2D eigenvalue weighted by Gasteiger charge is 2.31. The minimum absolute atomic E-state index is 0.461. The standard InChI is InChI=1S/2C52H52N2O4/c1-33-11-15-35(16-12-33)53(37-19-23-39(55-9)24-20-37)45-31-47(57-51(3,4)5)43-30-28-42-46(32-48(58-52(6,7)8)44-29-27-41(45)49(43)50(42)44)54(36-17-13-34(2)14-18-36)38-21-25-40(56-10)26-22-38;1-7-9-31-57-49-33-47(53(37-15-11-35(3)12-16-37)39-19-23-41(55-5)24-20-39)43-28-30-46-50(58-32-10-8-2)34-48(44-27-29-45(49)51(43)52(44)46)54(38-17-13-36(4)14-18-38)40-21-25-42(56-6)26-22-40/h11-32H,1-10H3;11-30,33-34H,7-10,31-32H2,1-6H3. The average Bonchev–Trinajstić information content (AvgIpc) is 0.712. The predicted molar refractivity (Wildman–Crippen MR) is 486 cm³/mol. The molecule has 16 aromatic carbocycles. The quantitative estimate of drug-likeness (QED) is 0.0382. The van der Waals surface area contributed by atoms with E-state index < -0.39 is 11.2 Å². The summed E-state index contributed by atoms with van der Waals surface area (Å²) in [6.45, 7) is 26.8. The van der Waals surface area contributed by atoms with Crippen molar-refractivity contribution in [3.63, 3.8) is 0 Å². The van der Waals surface area contributed by atoms with E-state index in [-0.39, 0.29) is 0 Å². The van der Waals surface area contributed by atoms with E-state index in [0.29, 0.717) is 13.2 Å². The third kappa shape index (κ3) is 16.1. The Bertz CT molecular complexity index is 5700. The third-order valence-electron chi connectivity index (χ3n) is 21.4. The smallest absolute Gasteiger partial charge is 0.130 e. The minimum atomic E-state index is -0.461. The first-order chi connectivity index (χ1) is 56.1. The first-order valence-electron chi connectivity index (χ1n) is 40.4. The van der Waals surface area contributed by atoms with Crippen LogP contribution in [0.2, 0.25) is 0 Å². The number of aryl methyl sites for hydroxylation is 4. The van der Waals surface area contributed by atoms with Gasteiger partial charge in [-0.15, -0.1) is 0 Å². The summed E-state index contributed by atoms with van der Waals surface area (Å²) in [5.41, 5.74) is 16.2. The molecule has 0 fully saturated rings. The fraction of sp³-hybridized carbons (Fsp3) is 0.231. The fourth-order valence-electron chi connectivity index (χ4n) is 15.7. The lowest BCUT2D eigenvalue weighted by Gasteiger charge is -2.32. The summed E-state index contributed by atoms with van der Waals surface area (Å²) in [7, 11) is 6.81. The van der Waals surface area contributed by atoms with Gasteiger partial charge in [0.05, 0.1) is 64.4 Å². The number of rotatable bonds is 26. The molecule has 12 nitrogen and oxygen atoms in total. The topological polar surface area (TPSA) is 86.8 Å². The zero-order chi connectivity index (χ0) is 81.1. The molecule has 0 aliphatic carbocycles. The zero-order valence-electron chi connectivity index (χ0n) is 69.7. The van der Waals surface area contributed by atoms with Crippen LogP contribution in [0.15, 0.2) is 267 Å². The Balaban J connectivity index is 0.000000182. The predicted octanol–water partition coefficient (Wildman–Crippen LogP) is 29.0. The number of anilines is 12. The van der Waals surface area contributed by atoms with Gasteiger partial charge in [0.15, 0.2) is 0 Å². The molecule has 0 heterocycles. The largest absolute Gasteiger partial charge is 0.497 e. The second-order valence-electron chi connectivity index (χ2n) is 32.0. The molecule has 16 rings (SSSR count). The van der Waals surface area contributed by atoms with E-state index in [0.717, 1.165) is 205 Å². The van der Waals surface area contributed by atoms with Crippen molar-refractivity contribution >= 4 is 133 Å². The van der Waals surface area contributed by atoms with Crippen molar-refractivity contribution in [3.8, 4) is 46.0 Å². The van der Waals surface area contributed by atoms with Gasteiger partial charge in [0.2, 0.25) is 0 Å². The van der Waals surface area contributed by atoms with E-state index in [4.69, 9.17) is 37.9 Å². The van der Waals surface area contributed by atoms with Gasteiger partial charge in [-0.2, -0.15) is 0 Å². The zero-order valence-corrected chi connectivity index (χ0v) is 69.7. The van der Waals surface area contributed by atoms with Crippen LogP contribution in [-0.2, 0) is 0 Å². The monoisotopic (exact) mass is 1540 g/mol. The molecule has 0 unspecified atom stereocenters. The van der Waals surface area contributed by atoms with Gasteiger partial charge in [-0.05, 0) is 252 Å². The summed E-state index contributed by atoms with van der Waals surface area (Å²) in [4.78, 5) is 9.33. The molecule has 0 spiro atoms. The number of unbranched alkanes of at least 4 members (excludes halogenated alkanes) is 2. The molecule has 0 bridgehead atoms. The van der Waals surface area contributed by atoms with Crippen LogP contribution in [0.1, 0.15) is 103 Å². The number of hydrogen-bond acceptors (Lipinski definition) is 12. The van der Waals surface area contributed by atoms with Gasteiger partial charge < -0.3 is 57.5 Å². The molecule has 116 heavy (non-hydrogen) atoms. The molecule has 0 aliphatic rings. The number of ether oxygens (including phenoxy) is 8. The average molecular weight is 1540 g/mol. The summed E-state index contributed by atoms with van der Waals surface area (Å²) in [5.74, 6) is 6.56. The Kier molecular flexibility index (Phi) is 22.6. The van der Waals surface area contributed by atoms with Gasteiger partial charge in [0.25, 0.3) is 0 Å². The van der Waals surface area contributed by atoms with E-state index in [2.05, 4.69) is 321 Å². The van der Waals surface area contributed by atoms with Gasteiger partial charge in [-0.25, -0.2) is 0 Å². The van der Waals surface area contributed by atoms with Crippen LogP contribution in [0.3, 0.4) is 0 Å². The first-order valence-corrected chi connectivity index (χ1v) is 40.4. The van der Waals surface area contributed by atoms with Crippen LogP contribution in [0.4, 0.5) is 68.2 Å². The molecule has 0 aliphatic heterocycles. The minimum Gasteiger partial charge on any atom is -0.497 e. The number of nitrogens with zero attached hydrogens (tertiary/aromatic N) is 4. The second kappa shape index (κ2) is 33.3. The van der Waals surface area contributed by atoms with Crippen LogP contribution in [-0.4, -0.2) is 52.9 Å². The Morgan fingerprint density at radius 2 is 0.431 bits per heavy atom. The van der Waals surface area contributed by atoms with Gasteiger partial charge in [0, 0.05) is 134 Å². The van der Waals surface area contributed by atoms with Crippen LogP contribution in [0.5, 0.6) is 46.0 Å². The summed E-state index contributed by atoms with van der Waals surface area (Å²) in [5, 5.41) is 13.2. The molecule has 0 atom stereocenters. The lowest BCUT2D eigenvalue weighted by atomic mass is 9.90. The molecule has 0 radical (unpaired) electrons. The molecule has 0 amide bonds. The van der Waals surface area contributed by atoms with E-state index in [1.165, 1.54) is 22.3 Å². The number of benzene rings is 16. The first kappa shape index (κ1) is 78.5. The van der Waals surface area contributed by atoms with Gasteiger partial charge >= 0.3 is 0 Å². The maximum atomic E-state index is 6.94. The van der Waals surface area contributed by atoms with Gasteiger partial charge in [0.1, 0.15) is 57.2 Å². The van der Waals surface area contributed by atoms with Gasteiger partial charge in [-0.1, -0.05) is 122 Å². The molecular formula is C104H104N4O8. The van der Waals surface area contributed by atoms with Crippen LogP contribution >= 0.6 is 0 Å². The number of methoxy groups -OCH3 is 4. The molecule has 12 heteroatoms. The van der Waals surface area contributed by atoms with Crippen LogP contribution in [0.25, 0.3) is 64.6 Å². The Hall–Kier alpha value is -12.8. The Morgan fingerprint density at radius 3 is 0.629 bits per heavy atom. The highest BCUT2D eigenvalue weighted by atomic mass is 16.5. The summed E-state index contributed by atoms with van der Waals surface area (Å²) in [6.07, 6.45) is 4.01. The van der Waals surface area contributed by atoms with Crippen molar-refractivity contribution in [2.24, 2.45) is 0 Å². The van der Waals surface area contributed by atoms with Crippen LogP contribution < -0.4 is 57.5 Å². The van der Waals surface area contributed by atoms with Crippen molar-refractivity contribution in [1.82, 2.24) is 0 Å². The molecule has 0 N–H and O–H groups in total. The molecule has 0 saturated heterocycles. The van der Waals surface area contributed by atoms with E-state index in [9.17, 15) is 0 Å². The van der Waals surface area contributed by atoms with E-state index >= 15 is 0 Å². The van der Waals surface area contributed by atoms with Crippen LogP contribution in [0, 0.1) is 27.7 Å². The SMILES string of the molecule is CCCCOc1cc(N(c2ccc(C)cc2)c2ccc(OC)cc2)c2ccc3c(OCCCC)cc(N(c4ccc(C)cc4)c4ccc(OC)cc4)c4ccc1c2c34.COc1ccc(N(c2ccc(C)cc2)c2cc(OC(C)(C)C)c3ccc4c(N(c5ccc(C)cc5)c5ccc(OC)cc5)cc(OC(C)(C)C)c5ccc2c3c54)cc1. The van der Waals surface area contributed by atoms with E-state index in [1.807, 2.05) is 48.5 Å². The van der Waals surface area contributed by atoms with Crippen molar-refractivity contribution in [2.45, 2.75) is 120 Å². The van der Waals surface area contributed by atoms with Crippen molar-refractivity contribution in [1.29, 1.82) is 0 Å². The molecule has 588 valence electrons. The molecule has 0 aromatic heterocycles. The summed E-state index contributed by atoms with van der Waals surface area (Å²) < 4.78 is 49.8. The van der Waals surface area contributed by atoms with Crippen molar-refractivity contribution < 1.29 is 37.9 Å². The maximum absolute atomic E-state index is 6.94. The van der Waals surface area contributed by atoms with Crippen molar-refractivity contribution in [2.75, 3.05) is 61.3 Å². The fourth-order valence-corrected chi connectivity index (χ4v) is 15.7. The Labute approximate surface area is 683 Å². The second-order valence-corrected chi connectivity index (χ2v) is 32.0. The highest BCUT2D eigenvalue weighted by molar-refractivity contribution is 6.32. The lowest BCUT2D eigenvalue weighted by molar-refractivity contribution is 0.132. The van der Waals surface area contributed by atoms with Crippen molar-refractivity contribution in [3.05, 3.63) is 289 Å².